The summed E-state index contributed by atoms with van der Waals surface area (Å²) in [6.45, 7) is 1.74. The molecule has 0 aromatic carbocycles. The van der Waals surface area contributed by atoms with Gasteiger partial charge in [0.05, 0.1) is 13.2 Å². The van der Waals surface area contributed by atoms with Crippen LogP contribution in [-0.2, 0) is 4.74 Å². The molecule has 1 saturated heterocycles. The summed E-state index contributed by atoms with van der Waals surface area (Å²) >= 11 is 6.11. The van der Waals surface area contributed by atoms with Crippen molar-refractivity contribution in [1.82, 2.24) is 0 Å². The van der Waals surface area contributed by atoms with Gasteiger partial charge in [0.2, 0.25) is 0 Å². The molecule has 0 aromatic heterocycles. The molecule has 3 heteroatoms. The van der Waals surface area contributed by atoms with Crippen LogP contribution in [0.1, 0.15) is 12.8 Å². The Morgan fingerprint density at radius 3 is 3.10 bits per heavy atom. The fourth-order valence-corrected chi connectivity index (χ4v) is 2.38. The largest absolute Gasteiger partial charge is 0.379 e. The molecule has 0 radical (unpaired) electrons. The van der Waals surface area contributed by atoms with Gasteiger partial charge >= 0.3 is 0 Å². The van der Waals surface area contributed by atoms with Gasteiger partial charge in [-0.2, -0.15) is 24.4 Å². The van der Waals surface area contributed by atoms with Gasteiger partial charge in [-0.1, -0.05) is 0 Å². The van der Waals surface area contributed by atoms with Crippen LogP contribution in [0.3, 0.4) is 0 Å². The van der Waals surface area contributed by atoms with E-state index in [2.05, 4.69) is 12.6 Å². The molecule has 1 rings (SSSR count). The highest BCUT2D eigenvalue weighted by atomic mass is 32.2. The molecule has 1 unspecified atom stereocenters. The lowest BCUT2D eigenvalue weighted by Gasteiger charge is -2.07. The number of ether oxygens (including phenoxy) is 1. The third-order valence-electron chi connectivity index (χ3n) is 1.56. The van der Waals surface area contributed by atoms with Crippen molar-refractivity contribution in [1.29, 1.82) is 0 Å². The summed E-state index contributed by atoms with van der Waals surface area (Å²) in [4.78, 5) is 0. The van der Waals surface area contributed by atoms with E-state index >= 15 is 0 Å². The van der Waals surface area contributed by atoms with Crippen LogP contribution in [-0.4, -0.2) is 30.0 Å². The second kappa shape index (κ2) is 5.33. The van der Waals surface area contributed by atoms with E-state index in [4.69, 9.17) is 4.74 Å². The lowest BCUT2D eigenvalue weighted by Crippen LogP contribution is -2.09. The maximum atomic E-state index is 5.37. The summed E-state index contributed by atoms with van der Waals surface area (Å²) in [7, 11) is 0. The van der Waals surface area contributed by atoms with Crippen molar-refractivity contribution in [3.8, 4) is 0 Å². The van der Waals surface area contributed by atoms with E-state index in [0.717, 1.165) is 24.2 Å². The van der Waals surface area contributed by atoms with E-state index in [-0.39, 0.29) is 0 Å². The summed E-state index contributed by atoms with van der Waals surface area (Å²) < 4.78 is 5.37. The number of thiol groups is 1. The van der Waals surface area contributed by atoms with Crippen molar-refractivity contribution in [3.63, 3.8) is 0 Å². The third-order valence-corrected chi connectivity index (χ3v) is 3.11. The smallest absolute Gasteiger partial charge is 0.0585 e. The van der Waals surface area contributed by atoms with Gasteiger partial charge in [-0.25, -0.2) is 0 Å². The maximum absolute atomic E-state index is 5.37. The molecule has 0 amide bonds. The molecule has 1 aliphatic rings. The van der Waals surface area contributed by atoms with Crippen molar-refractivity contribution >= 4 is 24.4 Å². The Morgan fingerprint density at radius 2 is 2.50 bits per heavy atom. The van der Waals surface area contributed by atoms with Gasteiger partial charge in [0.15, 0.2) is 0 Å². The van der Waals surface area contributed by atoms with Crippen molar-refractivity contribution < 1.29 is 4.74 Å². The average Bonchev–Trinajstić information content (AvgIpc) is 2.41. The van der Waals surface area contributed by atoms with Crippen LogP contribution >= 0.6 is 24.4 Å². The predicted octanol–water partition coefficient (Wildman–Crippen LogP) is 1.83. The molecule has 1 heterocycles. The Bertz CT molecular complexity index is 81.7. The van der Waals surface area contributed by atoms with Crippen molar-refractivity contribution in [3.05, 3.63) is 0 Å². The first-order chi connectivity index (χ1) is 4.93. The van der Waals surface area contributed by atoms with Crippen LogP contribution in [0, 0.1) is 0 Å². The molecule has 10 heavy (non-hydrogen) atoms. The molecule has 0 aliphatic carbocycles. The van der Waals surface area contributed by atoms with Gasteiger partial charge < -0.3 is 4.74 Å². The average molecular weight is 178 g/mol. The lowest BCUT2D eigenvalue weighted by molar-refractivity contribution is 0.151. The van der Waals surface area contributed by atoms with Crippen molar-refractivity contribution in [2.24, 2.45) is 0 Å². The quantitative estimate of drug-likeness (QED) is 0.519. The molecule has 1 nitrogen and oxygen atoms in total. The molecule has 0 bridgehead atoms. The van der Waals surface area contributed by atoms with Gasteiger partial charge in [-0.05, 0) is 18.6 Å². The van der Waals surface area contributed by atoms with Gasteiger partial charge in [-0.15, -0.1) is 0 Å². The van der Waals surface area contributed by atoms with Crippen molar-refractivity contribution in [2.45, 2.75) is 18.1 Å². The van der Waals surface area contributed by atoms with Crippen LogP contribution in [0.5, 0.6) is 0 Å². The fourth-order valence-electron chi connectivity index (χ4n) is 1.06. The summed E-state index contributed by atoms with van der Waals surface area (Å²) in [5.74, 6) is 2.17. The highest BCUT2D eigenvalue weighted by Gasteiger charge is 2.14. The maximum Gasteiger partial charge on any atom is 0.0585 e. The number of thioether (sulfide) groups is 1. The molecular formula is C7H14OS2. The van der Waals surface area contributed by atoms with Gasteiger partial charge in [0, 0.05) is 11.0 Å². The zero-order chi connectivity index (χ0) is 7.23. The highest BCUT2D eigenvalue weighted by Crippen LogP contribution is 2.25. The van der Waals surface area contributed by atoms with Gasteiger partial charge in [0.1, 0.15) is 0 Å². The fraction of sp³-hybridized carbons (Fsp3) is 1.00. The molecule has 1 aliphatic heterocycles. The molecule has 1 fully saturated rings. The van der Waals surface area contributed by atoms with E-state index in [9.17, 15) is 0 Å². The van der Waals surface area contributed by atoms with E-state index < -0.39 is 0 Å². The van der Waals surface area contributed by atoms with Crippen LogP contribution in [0.25, 0.3) is 0 Å². The third kappa shape index (κ3) is 3.17. The molecular weight excluding hydrogens is 164 g/mol. The zero-order valence-corrected chi connectivity index (χ0v) is 7.79. The summed E-state index contributed by atoms with van der Waals surface area (Å²) in [6.07, 6.45) is 2.72. The van der Waals surface area contributed by atoms with Crippen LogP contribution in [0.4, 0.5) is 0 Å². The zero-order valence-electron chi connectivity index (χ0n) is 6.08. The molecule has 0 saturated carbocycles. The second-order valence-electron chi connectivity index (χ2n) is 2.43. The minimum Gasteiger partial charge on any atom is -0.379 e. The molecule has 1 atom stereocenters. The standard InChI is InChI=1S/C7H14OS2/c9-4-3-8-6-7-2-1-5-10-7/h7,9H,1-6H2. The summed E-state index contributed by atoms with van der Waals surface area (Å²) in [5, 5.41) is 0.778. The first-order valence-electron chi connectivity index (χ1n) is 3.73. The number of hydrogen-bond acceptors (Lipinski definition) is 3. The Labute approximate surface area is 72.3 Å². The first-order valence-corrected chi connectivity index (χ1v) is 5.42. The minimum absolute atomic E-state index is 0.778. The molecule has 60 valence electrons. The van der Waals surface area contributed by atoms with Gasteiger partial charge in [-0.3, -0.25) is 0 Å². The van der Waals surface area contributed by atoms with E-state index in [1.54, 1.807) is 0 Å². The Kier molecular flexibility index (Phi) is 4.66. The molecule has 0 N–H and O–H groups in total. The molecule has 0 aromatic rings. The monoisotopic (exact) mass is 178 g/mol. The van der Waals surface area contributed by atoms with Crippen LogP contribution in [0.15, 0.2) is 0 Å². The first kappa shape index (κ1) is 8.75. The number of rotatable bonds is 4. The van der Waals surface area contributed by atoms with E-state index in [1.807, 2.05) is 11.8 Å². The minimum atomic E-state index is 0.778. The SMILES string of the molecule is SCCOCC1CCCS1. The lowest BCUT2D eigenvalue weighted by atomic mass is 10.3. The Morgan fingerprint density at radius 1 is 1.60 bits per heavy atom. The normalized spacial score (nSPS) is 25.5. The van der Waals surface area contributed by atoms with Crippen molar-refractivity contribution in [2.75, 3.05) is 24.7 Å². The summed E-state index contributed by atoms with van der Waals surface area (Å²) in [6, 6.07) is 0. The van der Waals surface area contributed by atoms with Gasteiger partial charge in [0.25, 0.3) is 0 Å². The second-order valence-corrected chi connectivity index (χ2v) is 4.29. The van der Waals surface area contributed by atoms with Crippen LogP contribution < -0.4 is 0 Å². The van der Waals surface area contributed by atoms with E-state index in [0.29, 0.717) is 0 Å². The predicted molar refractivity (Wildman–Crippen MR) is 50.2 cm³/mol. The Hall–Kier alpha value is 0.660. The highest BCUT2D eigenvalue weighted by molar-refractivity contribution is 8.00. The topological polar surface area (TPSA) is 9.23 Å². The van der Waals surface area contributed by atoms with E-state index in [1.165, 1.54) is 18.6 Å². The molecule has 0 spiro atoms. The number of hydrogen-bond donors (Lipinski definition) is 1. The summed E-state index contributed by atoms with van der Waals surface area (Å²) in [5.41, 5.74) is 0. The van der Waals surface area contributed by atoms with Crippen LogP contribution in [0.2, 0.25) is 0 Å². The Balaban J connectivity index is 1.91.